The van der Waals surface area contributed by atoms with Crippen molar-refractivity contribution in [2.75, 3.05) is 13.7 Å². The highest BCUT2D eigenvalue weighted by Crippen LogP contribution is 2.31. The highest BCUT2D eigenvalue weighted by molar-refractivity contribution is 6.32. The molecule has 0 bridgehead atoms. The van der Waals surface area contributed by atoms with E-state index >= 15 is 0 Å². The first-order valence-electron chi connectivity index (χ1n) is 8.06. The molecule has 1 aromatic heterocycles. The summed E-state index contributed by atoms with van der Waals surface area (Å²) in [6, 6.07) is 5.46. The summed E-state index contributed by atoms with van der Waals surface area (Å²) in [7, 11) is 3.49. The average Bonchev–Trinajstić information content (AvgIpc) is 3.01. The van der Waals surface area contributed by atoms with Gasteiger partial charge in [-0.2, -0.15) is 0 Å². The third-order valence-electron chi connectivity index (χ3n) is 4.44. The van der Waals surface area contributed by atoms with Gasteiger partial charge in [-0.3, -0.25) is 4.79 Å². The second-order valence-electron chi connectivity index (χ2n) is 6.04. The first kappa shape index (κ1) is 16.8. The van der Waals surface area contributed by atoms with Crippen molar-refractivity contribution in [3.8, 4) is 5.75 Å². The van der Waals surface area contributed by atoms with E-state index in [1.807, 2.05) is 22.6 Å². The van der Waals surface area contributed by atoms with Crippen LogP contribution in [0.2, 0.25) is 5.02 Å². The number of amides is 1. The average molecular weight is 349 g/mol. The number of benzene rings is 1. The lowest BCUT2D eigenvalue weighted by molar-refractivity contribution is -0.134. The molecule has 2 heterocycles. The predicted octanol–water partition coefficient (Wildman–Crippen LogP) is 2.77. The van der Waals surface area contributed by atoms with Gasteiger partial charge in [0.05, 0.1) is 24.6 Å². The third-order valence-corrected chi connectivity index (χ3v) is 4.73. The van der Waals surface area contributed by atoms with Crippen LogP contribution in [0.5, 0.6) is 5.75 Å². The van der Waals surface area contributed by atoms with Crippen LogP contribution in [0, 0.1) is 0 Å². The summed E-state index contributed by atoms with van der Waals surface area (Å²) in [5.41, 5.74) is 0.882. The molecule has 0 aliphatic carbocycles. The molecular formula is C17H21ClN4O2. The van der Waals surface area contributed by atoms with Crippen LogP contribution >= 0.6 is 11.6 Å². The Bertz CT molecular complexity index is 731. The van der Waals surface area contributed by atoms with Crippen LogP contribution in [0.15, 0.2) is 24.5 Å². The molecule has 0 saturated carbocycles. The Balaban J connectivity index is 1.77. The lowest BCUT2D eigenvalue weighted by Crippen LogP contribution is -2.40. The number of halogens is 1. The van der Waals surface area contributed by atoms with Crippen LogP contribution in [-0.4, -0.2) is 39.2 Å². The van der Waals surface area contributed by atoms with Gasteiger partial charge in [0.2, 0.25) is 5.91 Å². The zero-order valence-corrected chi connectivity index (χ0v) is 14.7. The van der Waals surface area contributed by atoms with Gasteiger partial charge in [-0.05, 0) is 37.0 Å². The molecule has 1 aliphatic rings. The number of carbonyl (C=O) groups is 1. The van der Waals surface area contributed by atoms with E-state index in [9.17, 15) is 4.79 Å². The van der Waals surface area contributed by atoms with Crippen molar-refractivity contribution in [1.82, 2.24) is 19.7 Å². The number of rotatable bonds is 4. The SMILES string of the molecule is COc1ccc(CC(=O)N2CCCCC2c2nncn2C)cc1Cl. The van der Waals surface area contributed by atoms with Gasteiger partial charge in [-0.1, -0.05) is 17.7 Å². The van der Waals surface area contributed by atoms with Crippen LogP contribution in [0.1, 0.15) is 36.7 Å². The molecular weight excluding hydrogens is 328 g/mol. The van der Waals surface area contributed by atoms with Gasteiger partial charge >= 0.3 is 0 Å². The molecule has 2 aromatic rings. The van der Waals surface area contributed by atoms with Crippen molar-refractivity contribution in [3.63, 3.8) is 0 Å². The van der Waals surface area contributed by atoms with Gasteiger partial charge in [0, 0.05) is 13.6 Å². The summed E-state index contributed by atoms with van der Waals surface area (Å²) < 4.78 is 7.04. The number of nitrogens with zero attached hydrogens (tertiary/aromatic N) is 4. The zero-order valence-electron chi connectivity index (χ0n) is 13.9. The second kappa shape index (κ2) is 7.21. The zero-order chi connectivity index (χ0) is 17.1. The Morgan fingerprint density at radius 3 is 2.92 bits per heavy atom. The smallest absolute Gasteiger partial charge is 0.227 e. The van der Waals surface area contributed by atoms with Gasteiger partial charge in [0.25, 0.3) is 0 Å². The van der Waals surface area contributed by atoms with Crippen LogP contribution in [0.4, 0.5) is 0 Å². The quantitative estimate of drug-likeness (QED) is 0.852. The standard InChI is InChI=1S/C17H21ClN4O2/c1-21-11-19-20-17(21)14-5-3-4-8-22(14)16(23)10-12-6-7-15(24-2)13(18)9-12/h6-7,9,11,14H,3-5,8,10H2,1-2H3. The molecule has 1 unspecified atom stereocenters. The minimum absolute atomic E-state index is 0.00697. The molecule has 1 amide bonds. The van der Waals surface area contributed by atoms with Crippen molar-refractivity contribution in [1.29, 1.82) is 0 Å². The summed E-state index contributed by atoms with van der Waals surface area (Å²) in [4.78, 5) is 14.8. The van der Waals surface area contributed by atoms with E-state index in [4.69, 9.17) is 16.3 Å². The molecule has 0 radical (unpaired) electrons. The number of hydrogen-bond acceptors (Lipinski definition) is 4. The first-order chi connectivity index (χ1) is 11.6. The predicted molar refractivity (Wildman–Crippen MR) is 91.0 cm³/mol. The fraction of sp³-hybridized carbons (Fsp3) is 0.471. The van der Waals surface area contributed by atoms with E-state index in [-0.39, 0.29) is 11.9 Å². The third kappa shape index (κ3) is 3.38. The van der Waals surface area contributed by atoms with Crippen molar-refractivity contribution in [3.05, 3.63) is 40.9 Å². The van der Waals surface area contributed by atoms with Crippen molar-refractivity contribution in [2.24, 2.45) is 7.05 Å². The number of aromatic nitrogens is 3. The van der Waals surface area contributed by atoms with Crippen molar-refractivity contribution in [2.45, 2.75) is 31.7 Å². The van der Waals surface area contributed by atoms with Crippen LogP contribution in [0.3, 0.4) is 0 Å². The molecule has 128 valence electrons. The molecule has 24 heavy (non-hydrogen) atoms. The molecule has 1 atom stereocenters. The molecule has 1 aromatic carbocycles. The molecule has 1 saturated heterocycles. The lowest BCUT2D eigenvalue weighted by atomic mass is 10.00. The van der Waals surface area contributed by atoms with Crippen LogP contribution in [0.25, 0.3) is 0 Å². The fourth-order valence-corrected chi connectivity index (χ4v) is 3.47. The van der Waals surface area contributed by atoms with Gasteiger partial charge in [-0.25, -0.2) is 0 Å². The number of ether oxygens (including phenoxy) is 1. The van der Waals surface area contributed by atoms with Gasteiger partial charge < -0.3 is 14.2 Å². The fourth-order valence-electron chi connectivity index (χ4n) is 3.19. The van der Waals surface area contributed by atoms with Crippen molar-refractivity contribution >= 4 is 17.5 Å². The van der Waals surface area contributed by atoms with Gasteiger partial charge in [0.1, 0.15) is 12.1 Å². The Morgan fingerprint density at radius 1 is 1.42 bits per heavy atom. The number of carbonyl (C=O) groups excluding carboxylic acids is 1. The molecule has 1 fully saturated rings. The van der Waals surface area contributed by atoms with E-state index in [0.29, 0.717) is 17.2 Å². The van der Waals surface area contributed by atoms with Crippen LogP contribution < -0.4 is 4.74 Å². The highest BCUT2D eigenvalue weighted by atomic mass is 35.5. The number of aryl methyl sites for hydroxylation is 1. The number of hydrogen-bond donors (Lipinski definition) is 0. The molecule has 6 nitrogen and oxygen atoms in total. The number of likely N-dealkylation sites (tertiary alicyclic amines) is 1. The summed E-state index contributed by atoms with van der Waals surface area (Å²) in [6.45, 7) is 0.750. The summed E-state index contributed by atoms with van der Waals surface area (Å²) in [5, 5.41) is 8.67. The molecule has 3 rings (SSSR count). The van der Waals surface area contributed by atoms with Gasteiger partial charge in [-0.15, -0.1) is 10.2 Å². The second-order valence-corrected chi connectivity index (χ2v) is 6.45. The monoisotopic (exact) mass is 348 g/mol. The summed E-state index contributed by atoms with van der Waals surface area (Å²) in [5.74, 6) is 1.54. The Morgan fingerprint density at radius 2 is 2.25 bits per heavy atom. The molecule has 7 heteroatoms. The minimum atomic E-state index is -0.00697. The van der Waals surface area contributed by atoms with E-state index < -0.39 is 0 Å². The van der Waals surface area contributed by atoms with Gasteiger partial charge in [0.15, 0.2) is 5.82 Å². The molecule has 0 N–H and O–H groups in total. The summed E-state index contributed by atoms with van der Waals surface area (Å²) in [6.07, 6.45) is 5.02. The number of methoxy groups -OCH3 is 1. The highest BCUT2D eigenvalue weighted by Gasteiger charge is 2.30. The Labute approximate surface area is 146 Å². The maximum atomic E-state index is 12.8. The molecule has 1 aliphatic heterocycles. The topological polar surface area (TPSA) is 60.2 Å². The number of piperidine rings is 1. The van der Waals surface area contributed by atoms with E-state index in [1.165, 1.54) is 0 Å². The Kier molecular flexibility index (Phi) is 5.04. The molecule has 0 spiro atoms. The van der Waals surface area contributed by atoms with E-state index in [0.717, 1.165) is 37.2 Å². The van der Waals surface area contributed by atoms with Crippen LogP contribution in [-0.2, 0) is 18.3 Å². The van der Waals surface area contributed by atoms with E-state index in [1.54, 1.807) is 25.6 Å². The minimum Gasteiger partial charge on any atom is -0.495 e. The normalized spacial score (nSPS) is 17.8. The maximum absolute atomic E-state index is 12.8. The largest absolute Gasteiger partial charge is 0.495 e. The first-order valence-corrected chi connectivity index (χ1v) is 8.43. The Hall–Kier alpha value is -2.08. The lowest BCUT2D eigenvalue weighted by Gasteiger charge is -2.35. The summed E-state index contributed by atoms with van der Waals surface area (Å²) >= 11 is 6.16. The van der Waals surface area contributed by atoms with Crippen molar-refractivity contribution < 1.29 is 9.53 Å². The maximum Gasteiger partial charge on any atom is 0.227 e. The van der Waals surface area contributed by atoms with E-state index in [2.05, 4.69) is 10.2 Å².